The van der Waals surface area contributed by atoms with Crippen LogP contribution < -0.4 is 9.47 Å². The third kappa shape index (κ3) is 3.78. The molecule has 0 amide bonds. The highest BCUT2D eigenvalue weighted by Gasteiger charge is 2.33. The van der Waals surface area contributed by atoms with Crippen LogP contribution in [0, 0.1) is 6.92 Å². The average molecular weight is 497 g/mol. The Morgan fingerprint density at radius 1 is 1.13 bits per heavy atom. The van der Waals surface area contributed by atoms with Gasteiger partial charge >= 0.3 is 0 Å². The normalized spacial score (nSPS) is 16.6. The standard InChI is InChI=1S/C25H19BrClNO3/c1-15-24-18(13-28(14-30-24)12-17-7-3-5-9-21(17)27)10-19-23(29)22(31-25(15)19)11-16-6-2-4-8-20(16)26/h2-11H,12-14H2,1H3/b22-11-. The summed E-state index contributed by atoms with van der Waals surface area (Å²) < 4.78 is 13.0. The Labute approximate surface area is 194 Å². The molecule has 2 heterocycles. The zero-order valence-corrected chi connectivity index (χ0v) is 19.2. The van der Waals surface area contributed by atoms with E-state index < -0.39 is 0 Å². The van der Waals surface area contributed by atoms with Gasteiger partial charge < -0.3 is 9.47 Å². The zero-order valence-electron chi connectivity index (χ0n) is 16.8. The van der Waals surface area contributed by atoms with Crippen LogP contribution in [0.15, 0.2) is 64.8 Å². The second kappa shape index (κ2) is 8.15. The van der Waals surface area contributed by atoms with E-state index in [9.17, 15) is 4.79 Å². The van der Waals surface area contributed by atoms with Gasteiger partial charge in [0.1, 0.15) is 18.2 Å². The second-order valence-corrected chi connectivity index (χ2v) is 8.94. The lowest BCUT2D eigenvalue weighted by atomic mass is 10.00. The van der Waals surface area contributed by atoms with Gasteiger partial charge in [-0.25, -0.2) is 0 Å². The maximum absolute atomic E-state index is 13.1. The quantitative estimate of drug-likeness (QED) is 0.395. The zero-order chi connectivity index (χ0) is 21.5. The van der Waals surface area contributed by atoms with E-state index in [1.165, 1.54) is 0 Å². The van der Waals surface area contributed by atoms with Gasteiger partial charge in [0.2, 0.25) is 5.78 Å². The molecule has 0 unspecified atom stereocenters. The van der Waals surface area contributed by atoms with Crippen molar-refractivity contribution in [2.24, 2.45) is 0 Å². The van der Waals surface area contributed by atoms with Crippen molar-refractivity contribution in [3.8, 4) is 11.5 Å². The Morgan fingerprint density at radius 2 is 1.90 bits per heavy atom. The number of rotatable bonds is 3. The SMILES string of the molecule is Cc1c2c(cc3c1O/C(=C\c1ccccc1Br)C3=O)CN(Cc1ccccc1Cl)CO2. The molecule has 0 saturated carbocycles. The lowest BCUT2D eigenvalue weighted by molar-refractivity contribution is 0.0877. The Hall–Kier alpha value is -2.60. The lowest BCUT2D eigenvalue weighted by Gasteiger charge is -2.30. The van der Waals surface area contributed by atoms with E-state index >= 15 is 0 Å². The van der Waals surface area contributed by atoms with E-state index in [-0.39, 0.29) is 5.78 Å². The van der Waals surface area contributed by atoms with Gasteiger partial charge in [-0.1, -0.05) is 63.9 Å². The fourth-order valence-corrected chi connectivity index (χ4v) is 4.59. The first-order valence-electron chi connectivity index (χ1n) is 9.95. The predicted octanol–water partition coefficient (Wildman–Crippen LogP) is 6.38. The molecule has 0 fully saturated rings. The van der Waals surface area contributed by atoms with Crippen molar-refractivity contribution in [2.75, 3.05) is 6.73 Å². The fourth-order valence-electron chi connectivity index (χ4n) is 4.00. The van der Waals surface area contributed by atoms with E-state index in [2.05, 4.69) is 20.8 Å². The van der Waals surface area contributed by atoms with Gasteiger partial charge in [-0.2, -0.15) is 0 Å². The molecule has 31 heavy (non-hydrogen) atoms. The third-order valence-electron chi connectivity index (χ3n) is 5.55. The van der Waals surface area contributed by atoms with Crippen LogP contribution in [-0.4, -0.2) is 17.4 Å². The number of allylic oxidation sites excluding steroid dienone is 1. The molecule has 0 bridgehead atoms. The molecule has 0 saturated heterocycles. The fraction of sp³-hybridized carbons (Fsp3) is 0.160. The molecule has 5 rings (SSSR count). The summed E-state index contributed by atoms with van der Waals surface area (Å²) >= 11 is 9.84. The first-order valence-corrected chi connectivity index (χ1v) is 11.1. The molecule has 0 atom stereocenters. The molecule has 4 nitrogen and oxygen atoms in total. The summed E-state index contributed by atoms with van der Waals surface area (Å²) in [6, 6.07) is 17.4. The van der Waals surface area contributed by atoms with Crippen LogP contribution in [0.25, 0.3) is 6.08 Å². The molecule has 0 aromatic heterocycles. The summed E-state index contributed by atoms with van der Waals surface area (Å²) in [5, 5.41) is 0.740. The molecule has 0 aliphatic carbocycles. The van der Waals surface area contributed by atoms with Gasteiger partial charge in [-0.05, 0) is 42.3 Å². The van der Waals surface area contributed by atoms with Crippen LogP contribution in [0.3, 0.4) is 0 Å². The molecule has 0 radical (unpaired) electrons. The summed E-state index contributed by atoms with van der Waals surface area (Å²) in [7, 11) is 0. The van der Waals surface area contributed by atoms with Crippen molar-refractivity contribution in [3.63, 3.8) is 0 Å². The number of halogens is 2. The smallest absolute Gasteiger partial charge is 0.231 e. The number of fused-ring (bicyclic) bond motifs is 2. The molecule has 0 N–H and O–H groups in total. The van der Waals surface area contributed by atoms with Gasteiger partial charge in [0.15, 0.2) is 5.76 Å². The monoisotopic (exact) mass is 495 g/mol. The number of carbonyl (C=O) groups excluding carboxylic acids is 1. The van der Waals surface area contributed by atoms with Crippen molar-refractivity contribution in [2.45, 2.75) is 20.0 Å². The van der Waals surface area contributed by atoms with Crippen LogP contribution in [0.4, 0.5) is 0 Å². The molecule has 6 heteroatoms. The minimum Gasteiger partial charge on any atom is -0.477 e. The Morgan fingerprint density at radius 3 is 2.71 bits per heavy atom. The van der Waals surface area contributed by atoms with Crippen LogP contribution in [0.5, 0.6) is 11.5 Å². The topological polar surface area (TPSA) is 38.8 Å². The molecule has 156 valence electrons. The van der Waals surface area contributed by atoms with Gasteiger partial charge in [0.25, 0.3) is 0 Å². The molecule has 0 spiro atoms. The van der Waals surface area contributed by atoms with E-state index in [0.29, 0.717) is 36.9 Å². The number of nitrogens with zero attached hydrogens (tertiary/aromatic N) is 1. The molecule has 2 aliphatic heterocycles. The highest BCUT2D eigenvalue weighted by molar-refractivity contribution is 9.10. The number of ketones is 1. The van der Waals surface area contributed by atoms with E-state index in [4.69, 9.17) is 21.1 Å². The van der Waals surface area contributed by atoms with Crippen molar-refractivity contribution >= 4 is 39.4 Å². The van der Waals surface area contributed by atoms with Gasteiger partial charge in [-0.15, -0.1) is 0 Å². The Bertz CT molecular complexity index is 1240. The molecule has 3 aromatic carbocycles. The van der Waals surface area contributed by atoms with Crippen molar-refractivity contribution < 1.29 is 14.3 Å². The summed E-state index contributed by atoms with van der Waals surface area (Å²) in [6.45, 7) is 3.74. The van der Waals surface area contributed by atoms with Crippen molar-refractivity contribution in [1.82, 2.24) is 4.90 Å². The Balaban J connectivity index is 1.44. The van der Waals surface area contributed by atoms with Crippen LogP contribution in [0.1, 0.15) is 32.6 Å². The van der Waals surface area contributed by atoms with Crippen LogP contribution in [-0.2, 0) is 13.1 Å². The minimum absolute atomic E-state index is 0.111. The van der Waals surface area contributed by atoms with E-state index in [0.717, 1.165) is 37.5 Å². The van der Waals surface area contributed by atoms with Gasteiger partial charge in [0, 0.05) is 33.7 Å². The summed E-state index contributed by atoms with van der Waals surface area (Å²) in [5.74, 6) is 1.59. The minimum atomic E-state index is -0.111. The van der Waals surface area contributed by atoms with Crippen molar-refractivity contribution in [1.29, 1.82) is 0 Å². The molecule has 2 aliphatic rings. The summed E-state index contributed by atoms with van der Waals surface area (Å²) in [6.07, 6.45) is 1.77. The highest BCUT2D eigenvalue weighted by atomic mass is 79.9. The Kier molecular flexibility index (Phi) is 5.34. The van der Waals surface area contributed by atoms with E-state index in [1.807, 2.05) is 61.5 Å². The summed E-state index contributed by atoms with van der Waals surface area (Å²) in [4.78, 5) is 15.2. The maximum Gasteiger partial charge on any atom is 0.231 e. The maximum atomic E-state index is 13.1. The number of benzene rings is 3. The molecular weight excluding hydrogens is 478 g/mol. The average Bonchev–Trinajstić information content (AvgIpc) is 3.07. The predicted molar refractivity (Wildman–Crippen MR) is 124 cm³/mol. The highest BCUT2D eigenvalue weighted by Crippen LogP contribution is 2.43. The first kappa shape index (κ1) is 20.3. The third-order valence-corrected chi connectivity index (χ3v) is 6.64. The van der Waals surface area contributed by atoms with Crippen molar-refractivity contribution in [3.05, 3.63) is 97.7 Å². The number of hydrogen-bond acceptors (Lipinski definition) is 4. The summed E-state index contributed by atoms with van der Waals surface area (Å²) in [5.41, 5.74) is 4.36. The van der Waals surface area contributed by atoms with Gasteiger partial charge in [-0.3, -0.25) is 9.69 Å². The number of hydrogen-bond donors (Lipinski definition) is 0. The largest absolute Gasteiger partial charge is 0.477 e. The number of Topliss-reactive ketones (excluding diaryl/α,β-unsaturated/α-hetero) is 1. The van der Waals surface area contributed by atoms with E-state index in [1.54, 1.807) is 6.08 Å². The molecular formula is C25H19BrClNO3. The van der Waals surface area contributed by atoms with Crippen LogP contribution >= 0.6 is 27.5 Å². The lowest BCUT2D eigenvalue weighted by Crippen LogP contribution is -2.32. The van der Waals surface area contributed by atoms with Gasteiger partial charge in [0.05, 0.1) is 5.56 Å². The first-order chi connectivity index (χ1) is 15.0. The number of ether oxygens (including phenoxy) is 2. The van der Waals surface area contributed by atoms with Crippen LogP contribution in [0.2, 0.25) is 5.02 Å². The number of carbonyl (C=O) groups is 1. The molecule has 3 aromatic rings. The second-order valence-electron chi connectivity index (χ2n) is 7.68.